The zero-order valence-electron chi connectivity index (χ0n) is 14.3. The monoisotopic (exact) mass is 328 g/mol. The molecule has 24 heavy (non-hydrogen) atoms. The maximum Gasteiger partial charge on any atom is 0.169 e. The number of nitrogens with zero attached hydrogens (tertiary/aromatic N) is 7. The molecule has 0 saturated carbocycles. The van der Waals surface area contributed by atoms with Crippen molar-refractivity contribution < 1.29 is 0 Å². The molecule has 0 fully saturated rings. The number of rotatable bonds is 8. The van der Waals surface area contributed by atoms with E-state index in [0.717, 1.165) is 56.0 Å². The molecule has 3 rings (SSSR count). The third kappa shape index (κ3) is 3.32. The minimum absolute atomic E-state index is 0.611. The lowest BCUT2D eigenvalue weighted by Crippen LogP contribution is -2.09. The van der Waals surface area contributed by atoms with Crippen LogP contribution >= 0.6 is 0 Å². The Balaban J connectivity index is 1.82. The second-order valence-electron chi connectivity index (χ2n) is 5.92. The van der Waals surface area contributed by atoms with Crippen molar-refractivity contribution in [3.8, 4) is 11.4 Å². The number of imidazole rings is 1. The predicted molar refractivity (Wildman–Crippen MR) is 92.1 cm³/mol. The standard InChI is InChI=1S/C16H24N8/c1-3-4-6-14-20-21-16(13-11-19-22(2)15(13)17)24(14)9-5-8-23-10-7-18-12-23/h7,10-12H,3-6,8-9,17H2,1-2H3. The van der Waals surface area contributed by atoms with Gasteiger partial charge in [-0.25, -0.2) is 4.98 Å². The van der Waals surface area contributed by atoms with Gasteiger partial charge in [0.2, 0.25) is 0 Å². The van der Waals surface area contributed by atoms with E-state index in [9.17, 15) is 0 Å². The van der Waals surface area contributed by atoms with Crippen LogP contribution in [0.25, 0.3) is 11.4 Å². The Hall–Kier alpha value is -2.64. The fraction of sp³-hybridized carbons (Fsp3) is 0.500. The molecule has 128 valence electrons. The average molecular weight is 328 g/mol. The van der Waals surface area contributed by atoms with Gasteiger partial charge in [-0.05, 0) is 12.8 Å². The minimum Gasteiger partial charge on any atom is -0.383 e. The van der Waals surface area contributed by atoms with Crippen LogP contribution in [0.5, 0.6) is 0 Å². The summed E-state index contributed by atoms with van der Waals surface area (Å²) < 4.78 is 5.92. The minimum atomic E-state index is 0.611. The molecule has 3 aromatic heterocycles. The van der Waals surface area contributed by atoms with E-state index in [4.69, 9.17) is 5.73 Å². The molecule has 0 unspecified atom stereocenters. The molecule has 8 nitrogen and oxygen atoms in total. The van der Waals surface area contributed by atoms with Crippen molar-refractivity contribution >= 4 is 5.82 Å². The van der Waals surface area contributed by atoms with Gasteiger partial charge < -0.3 is 14.9 Å². The maximum atomic E-state index is 6.13. The van der Waals surface area contributed by atoms with Gasteiger partial charge in [-0.3, -0.25) is 4.68 Å². The van der Waals surface area contributed by atoms with Crippen LogP contribution in [0, 0.1) is 0 Å². The highest BCUT2D eigenvalue weighted by Crippen LogP contribution is 2.25. The average Bonchev–Trinajstić information content (AvgIpc) is 3.29. The van der Waals surface area contributed by atoms with Crippen LogP contribution in [0.3, 0.4) is 0 Å². The molecule has 2 N–H and O–H groups in total. The highest BCUT2D eigenvalue weighted by Gasteiger charge is 2.17. The van der Waals surface area contributed by atoms with E-state index < -0.39 is 0 Å². The number of anilines is 1. The number of nitrogens with two attached hydrogens (primary N) is 1. The molecule has 0 amide bonds. The van der Waals surface area contributed by atoms with E-state index in [1.54, 1.807) is 17.1 Å². The van der Waals surface area contributed by atoms with E-state index in [0.29, 0.717) is 5.82 Å². The van der Waals surface area contributed by atoms with Crippen LogP contribution in [0.2, 0.25) is 0 Å². The van der Waals surface area contributed by atoms with Gasteiger partial charge in [0.25, 0.3) is 0 Å². The second kappa shape index (κ2) is 7.29. The third-order valence-electron chi connectivity index (χ3n) is 4.16. The number of nitrogen functional groups attached to an aromatic ring is 1. The summed E-state index contributed by atoms with van der Waals surface area (Å²) in [5, 5.41) is 13.0. The smallest absolute Gasteiger partial charge is 0.169 e. The SMILES string of the molecule is CCCCc1nnc(-c2cnn(C)c2N)n1CCCn1ccnc1. The normalized spacial score (nSPS) is 11.2. The van der Waals surface area contributed by atoms with Crippen molar-refractivity contribution in [2.45, 2.75) is 45.7 Å². The lowest BCUT2D eigenvalue weighted by molar-refractivity contribution is 0.546. The van der Waals surface area contributed by atoms with Crippen LogP contribution in [0.4, 0.5) is 5.82 Å². The van der Waals surface area contributed by atoms with Crippen molar-refractivity contribution in [3.63, 3.8) is 0 Å². The van der Waals surface area contributed by atoms with E-state index in [2.05, 4.69) is 36.3 Å². The van der Waals surface area contributed by atoms with Crippen molar-refractivity contribution in [1.29, 1.82) is 0 Å². The largest absolute Gasteiger partial charge is 0.383 e. The van der Waals surface area contributed by atoms with Crippen molar-refractivity contribution in [2.75, 3.05) is 5.73 Å². The molecule has 0 bridgehead atoms. The number of hydrogen-bond donors (Lipinski definition) is 1. The Labute approximate surface area is 141 Å². The zero-order chi connectivity index (χ0) is 16.9. The Kier molecular flexibility index (Phi) is 4.93. The van der Waals surface area contributed by atoms with Gasteiger partial charge in [-0.2, -0.15) is 5.10 Å². The first-order valence-corrected chi connectivity index (χ1v) is 8.36. The highest BCUT2D eigenvalue weighted by molar-refractivity contribution is 5.68. The van der Waals surface area contributed by atoms with Crippen LogP contribution in [0.15, 0.2) is 24.9 Å². The molecule has 0 aliphatic carbocycles. The first-order chi connectivity index (χ1) is 11.7. The van der Waals surface area contributed by atoms with Crippen LogP contribution in [-0.2, 0) is 26.6 Å². The molecule has 0 aliphatic heterocycles. The van der Waals surface area contributed by atoms with Crippen molar-refractivity contribution in [1.82, 2.24) is 34.1 Å². The summed E-state index contributed by atoms with van der Waals surface area (Å²) in [7, 11) is 1.83. The highest BCUT2D eigenvalue weighted by atomic mass is 15.3. The summed E-state index contributed by atoms with van der Waals surface area (Å²) in [4.78, 5) is 4.08. The van der Waals surface area contributed by atoms with Crippen LogP contribution < -0.4 is 5.73 Å². The molecule has 0 saturated heterocycles. The molecule has 0 aromatic carbocycles. The molecule has 0 aliphatic rings. The van der Waals surface area contributed by atoms with Gasteiger partial charge in [0.15, 0.2) is 5.82 Å². The summed E-state index contributed by atoms with van der Waals surface area (Å²) in [6.07, 6.45) is 11.5. The number of unbranched alkanes of at least 4 members (excludes halogenated alkanes) is 1. The summed E-state index contributed by atoms with van der Waals surface area (Å²) >= 11 is 0. The number of aryl methyl sites for hydroxylation is 3. The molecule has 8 heteroatoms. The lowest BCUT2D eigenvalue weighted by atomic mass is 10.2. The van der Waals surface area contributed by atoms with Gasteiger partial charge in [0.05, 0.1) is 18.1 Å². The lowest BCUT2D eigenvalue weighted by Gasteiger charge is -2.10. The third-order valence-corrected chi connectivity index (χ3v) is 4.16. The van der Waals surface area contributed by atoms with Gasteiger partial charge in [0.1, 0.15) is 11.6 Å². The molecular weight excluding hydrogens is 304 g/mol. The summed E-state index contributed by atoms with van der Waals surface area (Å²) in [5.41, 5.74) is 6.97. The predicted octanol–water partition coefficient (Wildman–Crippen LogP) is 1.89. The Morgan fingerprint density at radius 2 is 2.04 bits per heavy atom. The van der Waals surface area contributed by atoms with Gasteiger partial charge in [0, 0.05) is 39.0 Å². The quantitative estimate of drug-likeness (QED) is 0.681. The van der Waals surface area contributed by atoms with Gasteiger partial charge in [-0.1, -0.05) is 13.3 Å². The fourth-order valence-corrected chi connectivity index (χ4v) is 2.74. The van der Waals surface area contributed by atoms with Crippen molar-refractivity contribution in [3.05, 3.63) is 30.7 Å². The topological polar surface area (TPSA) is 92.4 Å². The van der Waals surface area contributed by atoms with E-state index in [-0.39, 0.29) is 0 Å². The maximum absolute atomic E-state index is 6.13. The number of aromatic nitrogens is 7. The summed E-state index contributed by atoms with van der Waals surface area (Å²) in [6, 6.07) is 0. The Morgan fingerprint density at radius 1 is 1.17 bits per heavy atom. The zero-order valence-corrected chi connectivity index (χ0v) is 14.3. The van der Waals surface area contributed by atoms with Gasteiger partial charge >= 0.3 is 0 Å². The van der Waals surface area contributed by atoms with Crippen LogP contribution in [-0.4, -0.2) is 34.1 Å². The Morgan fingerprint density at radius 3 is 2.71 bits per heavy atom. The molecule has 3 heterocycles. The molecule has 0 atom stereocenters. The van der Waals surface area contributed by atoms with Crippen LogP contribution in [0.1, 0.15) is 32.0 Å². The first-order valence-electron chi connectivity index (χ1n) is 8.36. The fourth-order valence-electron chi connectivity index (χ4n) is 2.74. The second-order valence-corrected chi connectivity index (χ2v) is 5.92. The van der Waals surface area contributed by atoms with E-state index >= 15 is 0 Å². The molecular formula is C16H24N8. The van der Waals surface area contributed by atoms with E-state index in [1.165, 1.54) is 0 Å². The molecule has 0 spiro atoms. The molecule has 3 aromatic rings. The Bertz CT molecular complexity index is 768. The summed E-state index contributed by atoms with van der Waals surface area (Å²) in [6.45, 7) is 3.93. The molecule has 0 radical (unpaired) electrons. The number of hydrogen-bond acceptors (Lipinski definition) is 5. The summed E-state index contributed by atoms with van der Waals surface area (Å²) in [5.74, 6) is 2.43. The van der Waals surface area contributed by atoms with Crippen molar-refractivity contribution in [2.24, 2.45) is 7.05 Å². The van der Waals surface area contributed by atoms with E-state index in [1.807, 2.05) is 19.6 Å². The van der Waals surface area contributed by atoms with Gasteiger partial charge in [-0.15, -0.1) is 10.2 Å². The first kappa shape index (κ1) is 16.2.